The van der Waals surface area contributed by atoms with Crippen molar-refractivity contribution in [2.75, 3.05) is 0 Å². The number of nitrogens with two attached hydrogens (primary N) is 1. The highest BCUT2D eigenvalue weighted by Gasteiger charge is 2.51. The minimum Gasteiger partial charge on any atom is -0.463 e. The smallest absolute Gasteiger partial charge is 0.322 e. The number of amides is 3. The average molecular weight is 360 g/mol. The number of imide groups is 1. The number of furan rings is 1. The van der Waals surface area contributed by atoms with E-state index in [0.29, 0.717) is 0 Å². The Morgan fingerprint density at radius 1 is 1.15 bits per heavy atom. The van der Waals surface area contributed by atoms with Crippen LogP contribution in [0.3, 0.4) is 0 Å². The Morgan fingerprint density at radius 2 is 1.77 bits per heavy atom. The van der Waals surface area contributed by atoms with Gasteiger partial charge in [-0.25, -0.2) is 4.79 Å². The van der Waals surface area contributed by atoms with Gasteiger partial charge < -0.3 is 15.1 Å². The maximum absolute atomic E-state index is 12.5. The second kappa shape index (κ2) is 6.72. The van der Waals surface area contributed by atoms with E-state index < -0.39 is 0 Å². The van der Waals surface area contributed by atoms with E-state index in [1.807, 2.05) is 31.3 Å². The maximum Gasteiger partial charge on any atom is 0.322 e. The first kappa shape index (κ1) is 17.6. The third kappa shape index (κ3) is 3.52. The summed E-state index contributed by atoms with van der Waals surface area (Å²) in [5, 5.41) is 7.65. The Morgan fingerprint density at radius 3 is 2.31 bits per heavy atom. The van der Waals surface area contributed by atoms with Gasteiger partial charge in [-0.1, -0.05) is 0 Å². The molecule has 3 amide bonds. The highest BCUT2D eigenvalue weighted by atomic mass is 16.3. The number of nitrogens with one attached hydrogen (secondary N) is 2. The zero-order valence-corrected chi connectivity index (χ0v) is 15.7. The van der Waals surface area contributed by atoms with Crippen LogP contribution in [0, 0.1) is 17.8 Å². The molecule has 0 saturated heterocycles. The van der Waals surface area contributed by atoms with E-state index in [0.717, 1.165) is 42.8 Å². The Bertz CT molecular complexity index is 635. The summed E-state index contributed by atoms with van der Waals surface area (Å²) in [6.07, 6.45) is 8.87. The summed E-state index contributed by atoms with van der Waals surface area (Å²) in [5.41, 5.74) is -0.0759. The van der Waals surface area contributed by atoms with Crippen molar-refractivity contribution in [3.63, 3.8) is 0 Å². The molecule has 0 radical (unpaired) electrons. The van der Waals surface area contributed by atoms with Crippen molar-refractivity contribution >= 4 is 11.9 Å². The SMILES string of the molecule is C[C@@H]([NH2+][C@H](C)c1ccco1)C(=O)NC(=O)NC12CC3CC(CC(C3)C1)C2. The number of urea groups is 1. The molecule has 4 N–H and O–H groups in total. The van der Waals surface area contributed by atoms with Gasteiger partial charge >= 0.3 is 6.03 Å². The van der Waals surface area contributed by atoms with Gasteiger partial charge in [-0.3, -0.25) is 10.1 Å². The molecular formula is C20H30N3O3+. The van der Waals surface area contributed by atoms with Crippen molar-refractivity contribution in [3.05, 3.63) is 24.2 Å². The van der Waals surface area contributed by atoms with E-state index in [-0.39, 0.29) is 29.6 Å². The van der Waals surface area contributed by atoms with E-state index in [1.54, 1.807) is 6.26 Å². The van der Waals surface area contributed by atoms with Crippen LogP contribution in [0.1, 0.15) is 64.2 Å². The molecule has 6 nitrogen and oxygen atoms in total. The van der Waals surface area contributed by atoms with Gasteiger partial charge in [-0.2, -0.15) is 0 Å². The number of carbonyl (C=O) groups excluding carboxylic acids is 2. The van der Waals surface area contributed by atoms with Crippen LogP contribution in [0.2, 0.25) is 0 Å². The molecule has 4 bridgehead atoms. The van der Waals surface area contributed by atoms with Crippen molar-refractivity contribution in [2.45, 2.75) is 70.0 Å². The molecule has 4 aliphatic carbocycles. The van der Waals surface area contributed by atoms with E-state index in [2.05, 4.69) is 10.6 Å². The molecule has 1 aromatic heterocycles. The molecule has 0 aliphatic heterocycles. The van der Waals surface area contributed by atoms with E-state index in [1.165, 1.54) is 19.3 Å². The number of carbonyl (C=O) groups is 2. The summed E-state index contributed by atoms with van der Waals surface area (Å²) in [6.45, 7) is 3.80. The second-order valence-electron chi connectivity index (χ2n) is 8.93. The topological polar surface area (TPSA) is 88.0 Å². The van der Waals surface area contributed by atoms with Crippen molar-refractivity contribution < 1.29 is 19.3 Å². The van der Waals surface area contributed by atoms with Crippen LogP contribution in [-0.2, 0) is 4.79 Å². The third-order valence-electron chi connectivity index (χ3n) is 6.64. The second-order valence-corrected chi connectivity index (χ2v) is 8.93. The average Bonchev–Trinajstić information content (AvgIpc) is 3.07. The monoisotopic (exact) mass is 360 g/mol. The lowest BCUT2D eigenvalue weighted by Gasteiger charge is -2.56. The third-order valence-corrected chi connectivity index (χ3v) is 6.64. The van der Waals surface area contributed by atoms with Crippen LogP contribution >= 0.6 is 0 Å². The van der Waals surface area contributed by atoms with Crippen molar-refractivity contribution in [1.29, 1.82) is 0 Å². The fourth-order valence-electron chi connectivity index (χ4n) is 5.93. The summed E-state index contributed by atoms with van der Waals surface area (Å²) in [5.74, 6) is 2.85. The van der Waals surface area contributed by atoms with Gasteiger partial charge in [0.25, 0.3) is 5.91 Å². The lowest BCUT2D eigenvalue weighted by molar-refractivity contribution is -0.711. The number of quaternary nitrogens is 1. The fourth-order valence-corrected chi connectivity index (χ4v) is 5.93. The maximum atomic E-state index is 12.5. The highest BCUT2D eigenvalue weighted by Crippen LogP contribution is 2.55. The lowest BCUT2D eigenvalue weighted by Crippen LogP contribution is -2.92. The van der Waals surface area contributed by atoms with Gasteiger partial charge in [0, 0.05) is 5.54 Å². The highest BCUT2D eigenvalue weighted by molar-refractivity contribution is 5.96. The van der Waals surface area contributed by atoms with Gasteiger partial charge in [0.2, 0.25) is 0 Å². The van der Waals surface area contributed by atoms with E-state index >= 15 is 0 Å². The molecule has 0 spiro atoms. The van der Waals surface area contributed by atoms with Crippen molar-refractivity contribution in [3.8, 4) is 0 Å². The fraction of sp³-hybridized carbons (Fsp3) is 0.700. The summed E-state index contributed by atoms with van der Waals surface area (Å²) >= 11 is 0. The normalized spacial score (nSPS) is 34.3. The molecule has 2 atom stereocenters. The van der Waals surface area contributed by atoms with Crippen LogP contribution < -0.4 is 16.0 Å². The van der Waals surface area contributed by atoms with Crippen LogP contribution in [0.15, 0.2) is 22.8 Å². The van der Waals surface area contributed by atoms with Crippen LogP contribution in [0.25, 0.3) is 0 Å². The molecule has 4 aliphatic rings. The van der Waals surface area contributed by atoms with E-state index in [4.69, 9.17) is 4.42 Å². The molecule has 4 saturated carbocycles. The number of hydrogen-bond acceptors (Lipinski definition) is 3. The summed E-state index contributed by atoms with van der Waals surface area (Å²) < 4.78 is 5.37. The zero-order chi connectivity index (χ0) is 18.3. The van der Waals surface area contributed by atoms with Gasteiger partial charge in [0.1, 0.15) is 6.04 Å². The molecule has 1 heterocycles. The molecular weight excluding hydrogens is 330 g/mol. The molecule has 26 heavy (non-hydrogen) atoms. The minimum absolute atomic E-state index is 0.0250. The number of hydrogen-bond donors (Lipinski definition) is 3. The van der Waals surface area contributed by atoms with Crippen molar-refractivity contribution in [2.24, 2.45) is 17.8 Å². The predicted octanol–water partition coefficient (Wildman–Crippen LogP) is 2.09. The Labute approximate surface area is 154 Å². The van der Waals surface area contributed by atoms with Crippen LogP contribution in [-0.4, -0.2) is 23.5 Å². The van der Waals surface area contributed by atoms with E-state index in [9.17, 15) is 9.59 Å². The first-order chi connectivity index (χ1) is 12.4. The Hall–Kier alpha value is -1.82. The molecule has 5 rings (SSSR count). The molecule has 4 fully saturated rings. The summed E-state index contributed by atoms with van der Waals surface area (Å²) in [6, 6.07) is 3.06. The standard InChI is InChI=1S/C20H29N3O3/c1-12(17-4-3-5-26-17)21-13(2)18(24)22-19(25)23-20-9-14-6-15(10-20)8-16(7-14)11-20/h3-5,12-16,21H,6-11H2,1-2H3,(H2,22,23,24,25)/p+1/t12-,13-,14?,15?,16?,20?/m1/s1. The molecule has 0 unspecified atom stereocenters. The first-order valence-corrected chi connectivity index (χ1v) is 9.94. The predicted molar refractivity (Wildman–Crippen MR) is 96.1 cm³/mol. The number of rotatable bonds is 5. The summed E-state index contributed by atoms with van der Waals surface area (Å²) in [4.78, 5) is 24.9. The van der Waals surface area contributed by atoms with Crippen LogP contribution in [0.4, 0.5) is 4.79 Å². The quantitative estimate of drug-likeness (QED) is 0.751. The van der Waals surface area contributed by atoms with Gasteiger partial charge in [0.05, 0.1) is 6.26 Å². The van der Waals surface area contributed by atoms with Gasteiger partial charge in [-0.05, 0) is 82.3 Å². The molecule has 142 valence electrons. The lowest BCUT2D eigenvalue weighted by atomic mass is 9.53. The van der Waals surface area contributed by atoms with Crippen LogP contribution in [0.5, 0.6) is 0 Å². The minimum atomic E-state index is -0.364. The van der Waals surface area contributed by atoms with Gasteiger partial charge in [-0.15, -0.1) is 0 Å². The van der Waals surface area contributed by atoms with Gasteiger partial charge in [0.15, 0.2) is 11.8 Å². The summed E-state index contributed by atoms with van der Waals surface area (Å²) in [7, 11) is 0. The molecule has 0 aromatic carbocycles. The Kier molecular flexibility index (Phi) is 4.55. The largest absolute Gasteiger partial charge is 0.463 e. The zero-order valence-electron chi connectivity index (χ0n) is 15.7. The molecule has 1 aromatic rings. The Balaban J connectivity index is 1.30. The van der Waals surface area contributed by atoms with Crippen molar-refractivity contribution in [1.82, 2.24) is 10.6 Å². The molecule has 6 heteroatoms. The first-order valence-electron chi connectivity index (χ1n) is 9.94.